The lowest BCUT2D eigenvalue weighted by Gasteiger charge is -2.20. The van der Waals surface area contributed by atoms with Gasteiger partial charge < -0.3 is 15.2 Å². The fourth-order valence-electron chi connectivity index (χ4n) is 3.77. The molecule has 2 aromatic heterocycles. The number of hydrogen-bond acceptors (Lipinski definition) is 6. The van der Waals surface area contributed by atoms with Crippen LogP contribution in [0.25, 0.3) is 22.0 Å². The number of methoxy groups -OCH3 is 1. The average Bonchev–Trinajstić information content (AvgIpc) is 2.81. The van der Waals surface area contributed by atoms with Crippen LogP contribution < -0.4 is 5.32 Å². The van der Waals surface area contributed by atoms with E-state index in [1.165, 1.54) is 44.8 Å². The summed E-state index contributed by atoms with van der Waals surface area (Å²) in [6, 6.07) is 8.94. The largest absolute Gasteiger partial charge is 0.381 e. The number of fused-ring (bicyclic) bond motifs is 1. The Labute approximate surface area is 200 Å². The van der Waals surface area contributed by atoms with Gasteiger partial charge in [-0.15, -0.1) is 0 Å². The molecule has 2 aromatic carbocycles. The number of hydrogen-bond donors (Lipinski definition) is 2. The Morgan fingerprint density at radius 3 is 2.47 bits per heavy atom. The number of aromatic nitrogens is 3. The molecular weight excluding hydrogens is 462 g/mol. The highest BCUT2D eigenvalue weighted by Crippen LogP contribution is 2.36. The summed E-state index contributed by atoms with van der Waals surface area (Å²) >= 11 is 6.44. The maximum Gasteiger partial charge on any atom is 0.162 e. The van der Waals surface area contributed by atoms with Crippen molar-refractivity contribution in [1.29, 1.82) is 0 Å². The van der Waals surface area contributed by atoms with Gasteiger partial charge >= 0.3 is 0 Å². The van der Waals surface area contributed by atoms with Gasteiger partial charge in [-0.05, 0) is 26.0 Å². The van der Waals surface area contributed by atoms with E-state index in [1.807, 2.05) is 6.92 Å². The average molecular weight is 485 g/mol. The second-order valence-electron chi connectivity index (χ2n) is 8.22. The molecule has 0 fully saturated rings. The van der Waals surface area contributed by atoms with Gasteiger partial charge in [0.2, 0.25) is 0 Å². The summed E-state index contributed by atoms with van der Waals surface area (Å²) in [5, 5.41) is 14.5. The minimum absolute atomic E-state index is 0.00999. The first-order valence-electron chi connectivity index (χ1n) is 10.5. The molecule has 4 rings (SSSR count). The molecule has 6 nitrogen and oxygen atoms in total. The third kappa shape index (κ3) is 4.70. The Morgan fingerprint density at radius 2 is 1.79 bits per heavy atom. The lowest BCUT2D eigenvalue weighted by Crippen LogP contribution is -2.29. The van der Waals surface area contributed by atoms with E-state index in [0.717, 1.165) is 0 Å². The van der Waals surface area contributed by atoms with Crippen LogP contribution >= 0.6 is 11.6 Å². The van der Waals surface area contributed by atoms with E-state index in [-0.39, 0.29) is 23.8 Å². The van der Waals surface area contributed by atoms with Gasteiger partial charge in [0.15, 0.2) is 5.82 Å². The first-order valence-corrected chi connectivity index (χ1v) is 10.9. The van der Waals surface area contributed by atoms with Gasteiger partial charge in [0.1, 0.15) is 17.2 Å². The molecule has 34 heavy (non-hydrogen) atoms. The van der Waals surface area contributed by atoms with E-state index in [1.54, 1.807) is 24.3 Å². The number of halogens is 3. The van der Waals surface area contributed by atoms with Gasteiger partial charge in [0, 0.05) is 53.8 Å². The normalized spacial score (nSPS) is 14.1. The fraction of sp³-hybridized carbons (Fsp3) is 0.240. The van der Waals surface area contributed by atoms with Crippen molar-refractivity contribution in [2.75, 3.05) is 19.0 Å². The molecule has 0 bridgehead atoms. The highest BCUT2D eigenvalue weighted by atomic mass is 35.5. The van der Waals surface area contributed by atoms with Crippen molar-refractivity contribution in [3.8, 4) is 11.1 Å². The van der Waals surface area contributed by atoms with Gasteiger partial charge in [-0.25, -0.2) is 18.7 Å². The summed E-state index contributed by atoms with van der Waals surface area (Å²) in [5.41, 5.74) is 0.615. The summed E-state index contributed by atoms with van der Waals surface area (Å²) < 4.78 is 34.3. The first-order chi connectivity index (χ1) is 16.2. The first kappa shape index (κ1) is 23.9. The minimum atomic E-state index is -1.38. The van der Waals surface area contributed by atoms with Gasteiger partial charge in [-0.2, -0.15) is 0 Å². The van der Waals surface area contributed by atoms with Crippen LogP contribution in [0.1, 0.15) is 31.3 Å². The molecule has 4 aromatic rings. The molecular formula is C25H23ClF2N4O2. The third-order valence-electron chi connectivity index (χ3n) is 5.51. The zero-order valence-electron chi connectivity index (χ0n) is 18.8. The lowest BCUT2D eigenvalue weighted by atomic mass is 10.0. The summed E-state index contributed by atoms with van der Waals surface area (Å²) in [7, 11) is 1.46. The predicted octanol–water partition coefficient (Wildman–Crippen LogP) is 5.65. The Kier molecular flexibility index (Phi) is 6.74. The van der Waals surface area contributed by atoms with Crippen molar-refractivity contribution in [3.63, 3.8) is 0 Å². The number of nitrogens with one attached hydrogen (secondary N) is 1. The Hall–Kier alpha value is -3.20. The molecule has 9 heteroatoms. The maximum absolute atomic E-state index is 15.0. The topological polar surface area (TPSA) is 80.2 Å². The summed E-state index contributed by atoms with van der Waals surface area (Å²) in [6.45, 7) is 3.35. The highest BCUT2D eigenvalue weighted by molar-refractivity contribution is 6.34. The van der Waals surface area contributed by atoms with Crippen molar-refractivity contribution in [1.82, 2.24) is 15.0 Å². The van der Waals surface area contributed by atoms with Crippen LogP contribution in [0.5, 0.6) is 0 Å². The van der Waals surface area contributed by atoms with Crippen molar-refractivity contribution < 1.29 is 18.6 Å². The number of nitrogens with zero attached hydrogens (tertiary/aromatic N) is 3. The number of benzene rings is 2. The predicted molar refractivity (Wildman–Crippen MR) is 128 cm³/mol. The van der Waals surface area contributed by atoms with Crippen molar-refractivity contribution in [2.45, 2.75) is 25.5 Å². The van der Waals surface area contributed by atoms with Gasteiger partial charge in [0.25, 0.3) is 0 Å². The van der Waals surface area contributed by atoms with E-state index in [9.17, 15) is 9.50 Å². The standard InChI is InChI=1S/C25H23ClF2N4O2/c1-14(16-6-4-5-7-20(16)27)32-23-18-8-17(21(28)9-22(18)29-12-19(23)26)15-10-30-24(31-11-15)25(2,33)13-34-3/h4-12,14,33H,13H2,1-3H3,(H,29,32). The molecule has 0 aliphatic carbocycles. The number of ether oxygens (including phenoxy) is 1. The SMILES string of the molecule is COCC(C)(O)c1ncc(-c2cc3c(NC(C)c4ccccc4F)c(Cl)cnc3cc2F)cn1. The second-order valence-corrected chi connectivity index (χ2v) is 8.63. The number of aliphatic hydroxyl groups is 1. The van der Waals surface area contributed by atoms with Gasteiger partial charge in [-0.1, -0.05) is 29.8 Å². The Balaban J connectivity index is 1.76. The van der Waals surface area contributed by atoms with Crippen LogP contribution in [-0.2, 0) is 10.3 Å². The minimum Gasteiger partial charge on any atom is -0.381 e. The summed E-state index contributed by atoms with van der Waals surface area (Å²) in [4.78, 5) is 12.6. The van der Waals surface area contributed by atoms with Crippen LogP contribution in [-0.4, -0.2) is 33.8 Å². The smallest absolute Gasteiger partial charge is 0.162 e. The van der Waals surface area contributed by atoms with Crippen molar-refractivity contribution in [2.24, 2.45) is 0 Å². The van der Waals surface area contributed by atoms with Crippen LogP contribution in [0.4, 0.5) is 14.5 Å². The zero-order valence-corrected chi connectivity index (χ0v) is 19.6. The number of rotatable bonds is 7. The molecule has 2 N–H and O–H groups in total. The highest BCUT2D eigenvalue weighted by Gasteiger charge is 2.26. The van der Waals surface area contributed by atoms with E-state index in [0.29, 0.717) is 32.7 Å². The maximum atomic E-state index is 15.0. The molecule has 2 atom stereocenters. The molecule has 2 heterocycles. The van der Waals surface area contributed by atoms with Crippen molar-refractivity contribution >= 4 is 28.2 Å². The zero-order chi connectivity index (χ0) is 24.5. The molecule has 0 aliphatic rings. The van der Waals surface area contributed by atoms with Crippen LogP contribution in [0.15, 0.2) is 55.0 Å². The Bertz CT molecular complexity index is 1330. The molecule has 176 valence electrons. The number of pyridine rings is 1. The fourth-order valence-corrected chi connectivity index (χ4v) is 3.97. The lowest BCUT2D eigenvalue weighted by molar-refractivity contribution is -0.0273. The monoisotopic (exact) mass is 484 g/mol. The molecule has 0 spiro atoms. The van der Waals surface area contributed by atoms with E-state index in [2.05, 4.69) is 20.3 Å². The quantitative estimate of drug-likeness (QED) is 0.353. The van der Waals surface area contributed by atoms with E-state index in [4.69, 9.17) is 16.3 Å². The number of anilines is 1. The van der Waals surface area contributed by atoms with E-state index < -0.39 is 17.5 Å². The summed E-state index contributed by atoms with van der Waals surface area (Å²) in [5.74, 6) is -0.703. The van der Waals surface area contributed by atoms with Gasteiger partial charge in [0.05, 0.1) is 28.9 Å². The van der Waals surface area contributed by atoms with Crippen LogP contribution in [0, 0.1) is 11.6 Å². The van der Waals surface area contributed by atoms with Gasteiger partial charge in [-0.3, -0.25) is 4.98 Å². The van der Waals surface area contributed by atoms with Crippen molar-refractivity contribution in [3.05, 3.63) is 83.0 Å². The van der Waals surface area contributed by atoms with E-state index >= 15 is 4.39 Å². The molecule has 0 radical (unpaired) electrons. The Morgan fingerprint density at radius 1 is 1.09 bits per heavy atom. The molecule has 0 saturated carbocycles. The molecule has 0 aliphatic heterocycles. The third-order valence-corrected chi connectivity index (χ3v) is 5.80. The van der Waals surface area contributed by atoms with Crippen LogP contribution in [0.3, 0.4) is 0 Å². The molecule has 0 saturated heterocycles. The molecule has 2 unspecified atom stereocenters. The van der Waals surface area contributed by atoms with Crippen LogP contribution in [0.2, 0.25) is 5.02 Å². The second kappa shape index (κ2) is 9.58. The summed E-state index contributed by atoms with van der Waals surface area (Å²) in [6.07, 6.45) is 4.29. The molecule has 0 amide bonds.